The van der Waals surface area contributed by atoms with Gasteiger partial charge in [0, 0.05) is 23.6 Å². The molecule has 1 aliphatic heterocycles. The first kappa shape index (κ1) is 16.5. The Balaban J connectivity index is 2.39. The molecule has 22 heavy (non-hydrogen) atoms. The Morgan fingerprint density at radius 1 is 1.41 bits per heavy atom. The third kappa shape index (κ3) is 3.16. The monoisotopic (exact) mass is 382 g/mol. The number of carboxylic acids is 1. The Labute approximate surface area is 130 Å². The first-order valence-electron chi connectivity index (χ1n) is 6.09. The maximum Gasteiger partial charge on any atom is 0.394 e. The van der Waals surface area contributed by atoms with E-state index in [9.17, 15) is 28.1 Å². The largest absolute Gasteiger partial charge is 0.481 e. The molecular weight excluding hydrogens is 373 g/mol. The second-order valence-electron chi connectivity index (χ2n) is 4.89. The first-order valence-corrected chi connectivity index (χ1v) is 6.89. The molecule has 0 unspecified atom stereocenters. The fourth-order valence-corrected chi connectivity index (χ4v) is 2.84. The van der Waals surface area contributed by atoms with Crippen molar-refractivity contribution in [3.63, 3.8) is 0 Å². The van der Waals surface area contributed by atoms with Crippen LogP contribution in [-0.4, -0.2) is 35.3 Å². The van der Waals surface area contributed by atoms with Crippen LogP contribution in [0.3, 0.4) is 0 Å². The predicted molar refractivity (Wildman–Crippen MR) is 73.7 cm³/mol. The molecule has 0 bridgehead atoms. The van der Waals surface area contributed by atoms with Crippen molar-refractivity contribution in [2.45, 2.75) is 6.18 Å². The van der Waals surface area contributed by atoms with Gasteiger partial charge in [0.1, 0.15) is 5.69 Å². The summed E-state index contributed by atoms with van der Waals surface area (Å²) in [4.78, 5) is 22.5. The standard InChI is InChI=1S/C12H10BrF3N2O4/c13-6-1-2-9(10(3-6)18(21)22)17-4-7(11(19)20)8(5-17)12(14,15)16/h1-3,7-8H,4-5H2,(H,19,20)/t7-,8-/m1/s1. The van der Waals surface area contributed by atoms with Crippen LogP contribution in [0.25, 0.3) is 0 Å². The van der Waals surface area contributed by atoms with Crippen LogP contribution in [0.2, 0.25) is 0 Å². The molecule has 2 rings (SSSR count). The molecule has 0 saturated carbocycles. The summed E-state index contributed by atoms with van der Waals surface area (Å²) in [5, 5.41) is 20.0. The van der Waals surface area contributed by atoms with E-state index in [0.717, 1.165) is 4.90 Å². The number of nitro benzene ring substituents is 1. The van der Waals surface area contributed by atoms with Gasteiger partial charge in [0.05, 0.1) is 16.8 Å². The minimum Gasteiger partial charge on any atom is -0.481 e. The maximum absolute atomic E-state index is 13.0. The number of benzene rings is 1. The average molecular weight is 383 g/mol. The molecule has 0 spiro atoms. The zero-order valence-corrected chi connectivity index (χ0v) is 12.5. The first-order chi connectivity index (χ1) is 10.1. The van der Waals surface area contributed by atoms with Gasteiger partial charge >= 0.3 is 12.1 Å². The van der Waals surface area contributed by atoms with Crippen LogP contribution in [0.4, 0.5) is 24.5 Å². The number of hydrogen-bond donors (Lipinski definition) is 1. The molecule has 1 aromatic carbocycles. The molecule has 1 aromatic rings. The lowest BCUT2D eigenvalue weighted by molar-refractivity contribution is -0.384. The van der Waals surface area contributed by atoms with Crippen LogP contribution in [0.5, 0.6) is 0 Å². The molecule has 1 N–H and O–H groups in total. The summed E-state index contributed by atoms with van der Waals surface area (Å²) in [5.74, 6) is -5.28. The minimum atomic E-state index is -4.68. The number of hydrogen-bond acceptors (Lipinski definition) is 4. The molecule has 120 valence electrons. The van der Waals surface area contributed by atoms with E-state index in [1.54, 1.807) is 0 Å². The zero-order valence-electron chi connectivity index (χ0n) is 10.9. The van der Waals surface area contributed by atoms with Gasteiger partial charge in [0.2, 0.25) is 0 Å². The molecule has 1 aliphatic rings. The summed E-state index contributed by atoms with van der Waals surface area (Å²) in [7, 11) is 0. The van der Waals surface area contributed by atoms with Gasteiger partial charge in [-0.1, -0.05) is 15.9 Å². The second kappa shape index (κ2) is 5.75. The van der Waals surface area contributed by atoms with Crippen molar-refractivity contribution in [1.29, 1.82) is 0 Å². The summed E-state index contributed by atoms with van der Waals surface area (Å²) >= 11 is 3.05. The van der Waals surface area contributed by atoms with Crippen LogP contribution in [-0.2, 0) is 4.79 Å². The van der Waals surface area contributed by atoms with E-state index >= 15 is 0 Å². The van der Waals surface area contributed by atoms with Crippen LogP contribution < -0.4 is 4.90 Å². The quantitative estimate of drug-likeness (QED) is 0.641. The highest BCUT2D eigenvalue weighted by Crippen LogP contribution is 2.42. The van der Waals surface area contributed by atoms with E-state index in [0.29, 0.717) is 4.47 Å². The lowest BCUT2D eigenvalue weighted by Crippen LogP contribution is -2.33. The number of nitrogens with zero attached hydrogens (tertiary/aromatic N) is 2. The molecule has 0 aromatic heterocycles. The number of alkyl halides is 3. The van der Waals surface area contributed by atoms with Gasteiger partial charge in [-0.3, -0.25) is 14.9 Å². The number of anilines is 1. The molecule has 0 radical (unpaired) electrons. The zero-order chi connectivity index (χ0) is 16.7. The van der Waals surface area contributed by atoms with Crippen LogP contribution in [0.1, 0.15) is 0 Å². The molecule has 0 aliphatic carbocycles. The normalized spacial score (nSPS) is 21.9. The lowest BCUT2D eigenvalue weighted by atomic mass is 9.96. The molecule has 1 saturated heterocycles. The highest BCUT2D eigenvalue weighted by molar-refractivity contribution is 9.10. The third-order valence-electron chi connectivity index (χ3n) is 3.53. The Hall–Kier alpha value is -1.84. The maximum atomic E-state index is 13.0. The number of carbonyl (C=O) groups is 1. The Morgan fingerprint density at radius 2 is 2.05 bits per heavy atom. The molecule has 0 amide bonds. The van der Waals surface area contributed by atoms with Crippen molar-refractivity contribution < 1.29 is 28.0 Å². The fraction of sp³-hybridized carbons (Fsp3) is 0.417. The second-order valence-corrected chi connectivity index (χ2v) is 5.80. The molecule has 2 atom stereocenters. The van der Waals surface area contributed by atoms with Crippen molar-refractivity contribution in [1.82, 2.24) is 0 Å². The average Bonchev–Trinajstić information content (AvgIpc) is 2.83. The van der Waals surface area contributed by atoms with Crippen LogP contribution in [0, 0.1) is 22.0 Å². The van der Waals surface area contributed by atoms with Crippen LogP contribution in [0.15, 0.2) is 22.7 Å². The SMILES string of the molecule is O=C(O)[C@@H]1CN(c2ccc(Br)cc2[N+](=O)[O-])C[C@H]1C(F)(F)F. The topological polar surface area (TPSA) is 83.7 Å². The number of halogens is 4. The number of carboxylic acid groups (broad SMARTS) is 1. The van der Waals surface area contributed by atoms with Gasteiger partial charge in [-0.05, 0) is 12.1 Å². The number of nitro groups is 1. The van der Waals surface area contributed by atoms with Gasteiger partial charge in [0.25, 0.3) is 5.69 Å². The van der Waals surface area contributed by atoms with Gasteiger partial charge in [0.15, 0.2) is 0 Å². The minimum absolute atomic E-state index is 0.0220. The molecule has 6 nitrogen and oxygen atoms in total. The molecule has 10 heteroatoms. The van der Waals surface area contributed by atoms with Gasteiger partial charge in [-0.15, -0.1) is 0 Å². The predicted octanol–water partition coefficient (Wildman–Crippen LogP) is 3.06. The van der Waals surface area contributed by atoms with Crippen molar-refractivity contribution in [3.05, 3.63) is 32.8 Å². The summed E-state index contributed by atoms with van der Waals surface area (Å²) in [5.41, 5.74) is -0.396. The van der Waals surface area contributed by atoms with Crippen LogP contribution >= 0.6 is 15.9 Å². The van der Waals surface area contributed by atoms with Crippen molar-refractivity contribution >= 4 is 33.3 Å². The Morgan fingerprint density at radius 3 is 2.50 bits per heavy atom. The smallest absolute Gasteiger partial charge is 0.394 e. The van der Waals surface area contributed by atoms with Gasteiger partial charge < -0.3 is 10.0 Å². The number of aliphatic carboxylic acids is 1. The van der Waals surface area contributed by atoms with E-state index in [-0.39, 0.29) is 11.4 Å². The summed E-state index contributed by atoms with van der Waals surface area (Å²) in [6.07, 6.45) is -4.68. The van der Waals surface area contributed by atoms with E-state index in [1.165, 1.54) is 18.2 Å². The van der Waals surface area contributed by atoms with E-state index < -0.39 is 42.0 Å². The van der Waals surface area contributed by atoms with Gasteiger partial charge in [-0.2, -0.15) is 13.2 Å². The van der Waals surface area contributed by atoms with Crippen molar-refractivity contribution in [2.24, 2.45) is 11.8 Å². The Kier molecular flexibility index (Phi) is 4.32. The summed E-state index contributed by atoms with van der Waals surface area (Å²) in [6.45, 7) is -1.05. The summed E-state index contributed by atoms with van der Waals surface area (Å²) < 4.78 is 39.3. The van der Waals surface area contributed by atoms with Gasteiger partial charge in [-0.25, -0.2) is 0 Å². The fourth-order valence-electron chi connectivity index (χ4n) is 2.49. The lowest BCUT2D eigenvalue weighted by Gasteiger charge is -2.19. The third-order valence-corrected chi connectivity index (χ3v) is 4.03. The van der Waals surface area contributed by atoms with E-state index in [4.69, 9.17) is 5.11 Å². The van der Waals surface area contributed by atoms with E-state index in [1.807, 2.05) is 0 Å². The highest BCUT2D eigenvalue weighted by Gasteiger charge is 2.53. The molecule has 1 fully saturated rings. The highest BCUT2D eigenvalue weighted by atomic mass is 79.9. The Bertz CT molecular complexity index is 623. The summed E-state index contributed by atoms with van der Waals surface area (Å²) in [6, 6.07) is 3.94. The molecular formula is C12H10BrF3N2O4. The van der Waals surface area contributed by atoms with E-state index in [2.05, 4.69) is 15.9 Å². The van der Waals surface area contributed by atoms with Crippen molar-refractivity contribution in [3.8, 4) is 0 Å². The molecule has 1 heterocycles. The van der Waals surface area contributed by atoms with Crippen molar-refractivity contribution in [2.75, 3.05) is 18.0 Å². The number of rotatable bonds is 3.